The standard InChI is InChI=1S/C12H18N2O2S/c1-3-8-17(15,16)13-11-4-5-12-10(9-11)6-7-14(12)2/h4-5,9,13H,3,6-8H2,1-2H3. The summed E-state index contributed by atoms with van der Waals surface area (Å²) >= 11 is 0. The Hall–Kier alpha value is -1.23. The van der Waals surface area contributed by atoms with Gasteiger partial charge in [0, 0.05) is 25.0 Å². The lowest BCUT2D eigenvalue weighted by molar-refractivity contribution is 0.600. The van der Waals surface area contributed by atoms with Gasteiger partial charge in [0.2, 0.25) is 10.0 Å². The maximum atomic E-state index is 11.6. The molecule has 0 spiro atoms. The monoisotopic (exact) mass is 254 g/mol. The lowest BCUT2D eigenvalue weighted by atomic mass is 10.1. The van der Waals surface area contributed by atoms with E-state index in [-0.39, 0.29) is 5.75 Å². The Morgan fingerprint density at radius 3 is 2.88 bits per heavy atom. The number of anilines is 2. The van der Waals surface area contributed by atoms with Crippen molar-refractivity contribution in [1.82, 2.24) is 0 Å². The number of likely N-dealkylation sites (N-methyl/N-ethyl adjacent to an activating group) is 1. The molecule has 1 aromatic rings. The maximum absolute atomic E-state index is 11.6. The van der Waals surface area contributed by atoms with Crippen molar-refractivity contribution in [3.63, 3.8) is 0 Å². The second-order valence-electron chi connectivity index (χ2n) is 4.44. The van der Waals surface area contributed by atoms with Crippen molar-refractivity contribution in [3.8, 4) is 0 Å². The van der Waals surface area contributed by atoms with Gasteiger partial charge in [-0.1, -0.05) is 6.92 Å². The number of rotatable bonds is 4. The fourth-order valence-corrected chi connectivity index (χ4v) is 3.26. The minimum absolute atomic E-state index is 0.171. The summed E-state index contributed by atoms with van der Waals surface area (Å²) in [5.74, 6) is 0.171. The highest BCUT2D eigenvalue weighted by atomic mass is 32.2. The van der Waals surface area contributed by atoms with E-state index in [1.165, 1.54) is 11.3 Å². The first kappa shape index (κ1) is 12.2. The number of nitrogens with zero attached hydrogens (tertiary/aromatic N) is 1. The van der Waals surface area contributed by atoms with Gasteiger partial charge in [0.25, 0.3) is 0 Å². The van der Waals surface area contributed by atoms with Crippen LogP contribution in [0.3, 0.4) is 0 Å². The molecular weight excluding hydrogens is 236 g/mol. The summed E-state index contributed by atoms with van der Waals surface area (Å²) in [6, 6.07) is 5.74. The molecule has 17 heavy (non-hydrogen) atoms. The van der Waals surface area contributed by atoms with Crippen molar-refractivity contribution >= 4 is 21.4 Å². The van der Waals surface area contributed by atoms with Gasteiger partial charge in [-0.05, 0) is 36.6 Å². The molecule has 1 N–H and O–H groups in total. The highest BCUT2D eigenvalue weighted by Gasteiger charge is 2.17. The summed E-state index contributed by atoms with van der Waals surface area (Å²) in [6.07, 6.45) is 1.61. The van der Waals surface area contributed by atoms with E-state index < -0.39 is 10.0 Å². The molecule has 1 heterocycles. The quantitative estimate of drug-likeness (QED) is 0.892. The zero-order chi connectivity index (χ0) is 12.5. The Morgan fingerprint density at radius 1 is 1.41 bits per heavy atom. The molecular formula is C12H18N2O2S. The van der Waals surface area contributed by atoms with Crippen LogP contribution in [-0.2, 0) is 16.4 Å². The van der Waals surface area contributed by atoms with E-state index >= 15 is 0 Å². The highest BCUT2D eigenvalue weighted by Crippen LogP contribution is 2.29. The Morgan fingerprint density at radius 2 is 2.18 bits per heavy atom. The van der Waals surface area contributed by atoms with E-state index in [1.807, 2.05) is 32.2 Å². The molecule has 0 unspecified atom stereocenters. The largest absolute Gasteiger partial charge is 0.374 e. The van der Waals surface area contributed by atoms with Crippen LogP contribution in [0.25, 0.3) is 0 Å². The predicted octanol–water partition coefficient (Wildman–Crippen LogP) is 1.83. The van der Waals surface area contributed by atoms with E-state index in [2.05, 4.69) is 9.62 Å². The highest BCUT2D eigenvalue weighted by molar-refractivity contribution is 7.92. The van der Waals surface area contributed by atoms with Gasteiger partial charge in [-0.3, -0.25) is 4.72 Å². The smallest absolute Gasteiger partial charge is 0.232 e. The number of fused-ring (bicyclic) bond motifs is 1. The van der Waals surface area contributed by atoms with Gasteiger partial charge in [0.1, 0.15) is 0 Å². The Bertz CT molecular complexity index is 511. The lowest BCUT2D eigenvalue weighted by Gasteiger charge is -2.13. The van der Waals surface area contributed by atoms with Gasteiger partial charge < -0.3 is 4.90 Å². The van der Waals surface area contributed by atoms with E-state index in [1.54, 1.807) is 0 Å². The van der Waals surface area contributed by atoms with E-state index in [9.17, 15) is 8.42 Å². The Balaban J connectivity index is 2.19. The van der Waals surface area contributed by atoms with E-state index in [4.69, 9.17) is 0 Å². The first-order valence-electron chi connectivity index (χ1n) is 5.86. The van der Waals surface area contributed by atoms with Crippen LogP contribution in [0.4, 0.5) is 11.4 Å². The third kappa shape index (κ3) is 2.72. The van der Waals surface area contributed by atoms with Crippen LogP contribution in [0, 0.1) is 0 Å². The van der Waals surface area contributed by atoms with E-state index in [0.29, 0.717) is 12.1 Å². The normalized spacial score (nSPS) is 14.8. The first-order chi connectivity index (χ1) is 8.02. The summed E-state index contributed by atoms with van der Waals surface area (Å²) in [7, 11) is -1.13. The average molecular weight is 254 g/mol. The molecule has 0 aromatic heterocycles. The SMILES string of the molecule is CCCS(=O)(=O)Nc1ccc2c(c1)CCN2C. The van der Waals surface area contributed by atoms with Crippen LogP contribution in [0.2, 0.25) is 0 Å². The topological polar surface area (TPSA) is 49.4 Å². The molecule has 0 atom stereocenters. The molecule has 0 fully saturated rings. The summed E-state index contributed by atoms with van der Waals surface area (Å²) < 4.78 is 25.9. The van der Waals surface area contributed by atoms with Crippen molar-refractivity contribution in [3.05, 3.63) is 23.8 Å². The molecule has 0 amide bonds. The zero-order valence-corrected chi connectivity index (χ0v) is 11.0. The molecule has 0 aliphatic carbocycles. The van der Waals surface area contributed by atoms with Gasteiger partial charge in [0.15, 0.2) is 0 Å². The molecule has 0 saturated heterocycles. The molecule has 4 nitrogen and oxygen atoms in total. The second kappa shape index (κ2) is 4.56. The molecule has 2 rings (SSSR count). The van der Waals surface area contributed by atoms with Gasteiger partial charge in [-0.25, -0.2) is 8.42 Å². The van der Waals surface area contributed by atoms with Crippen molar-refractivity contribution in [2.75, 3.05) is 29.0 Å². The van der Waals surface area contributed by atoms with E-state index in [0.717, 1.165) is 13.0 Å². The van der Waals surface area contributed by atoms with Crippen molar-refractivity contribution in [2.45, 2.75) is 19.8 Å². The summed E-state index contributed by atoms with van der Waals surface area (Å²) in [5, 5.41) is 0. The molecule has 1 aliphatic heterocycles. The maximum Gasteiger partial charge on any atom is 0.232 e. The number of hydrogen-bond acceptors (Lipinski definition) is 3. The van der Waals surface area contributed by atoms with Gasteiger partial charge in [0.05, 0.1) is 5.75 Å². The lowest BCUT2D eigenvalue weighted by Crippen LogP contribution is -2.16. The van der Waals surface area contributed by atoms with Gasteiger partial charge in [-0.15, -0.1) is 0 Å². The van der Waals surface area contributed by atoms with Crippen molar-refractivity contribution in [2.24, 2.45) is 0 Å². The number of benzene rings is 1. The number of hydrogen-bond donors (Lipinski definition) is 1. The molecule has 0 radical (unpaired) electrons. The Kier molecular flexibility index (Phi) is 3.28. The molecule has 0 bridgehead atoms. The Labute approximate surface area is 103 Å². The van der Waals surface area contributed by atoms with Gasteiger partial charge in [-0.2, -0.15) is 0 Å². The zero-order valence-electron chi connectivity index (χ0n) is 10.2. The molecule has 1 aliphatic rings. The number of nitrogens with one attached hydrogen (secondary N) is 1. The summed E-state index contributed by atoms with van der Waals surface area (Å²) in [6.45, 7) is 2.86. The minimum Gasteiger partial charge on any atom is -0.374 e. The fourth-order valence-electron chi connectivity index (χ4n) is 2.13. The third-order valence-corrected chi connectivity index (χ3v) is 4.45. The van der Waals surface area contributed by atoms with Crippen molar-refractivity contribution < 1.29 is 8.42 Å². The second-order valence-corrected chi connectivity index (χ2v) is 6.28. The van der Waals surface area contributed by atoms with Crippen LogP contribution in [0.1, 0.15) is 18.9 Å². The van der Waals surface area contributed by atoms with Gasteiger partial charge >= 0.3 is 0 Å². The van der Waals surface area contributed by atoms with Crippen LogP contribution >= 0.6 is 0 Å². The van der Waals surface area contributed by atoms with Crippen LogP contribution < -0.4 is 9.62 Å². The average Bonchev–Trinajstić information content (AvgIpc) is 2.59. The van der Waals surface area contributed by atoms with Crippen LogP contribution in [0.5, 0.6) is 0 Å². The molecule has 0 saturated carbocycles. The molecule has 1 aromatic carbocycles. The minimum atomic E-state index is -3.18. The van der Waals surface area contributed by atoms with Crippen LogP contribution in [-0.4, -0.2) is 27.8 Å². The third-order valence-electron chi connectivity index (χ3n) is 2.95. The fraction of sp³-hybridized carbons (Fsp3) is 0.500. The van der Waals surface area contributed by atoms with Crippen LogP contribution in [0.15, 0.2) is 18.2 Å². The predicted molar refractivity (Wildman–Crippen MR) is 71.1 cm³/mol. The summed E-state index contributed by atoms with van der Waals surface area (Å²) in [5.41, 5.74) is 3.08. The summed E-state index contributed by atoms with van der Waals surface area (Å²) in [4.78, 5) is 2.18. The number of sulfonamides is 1. The molecule has 94 valence electrons. The molecule has 5 heteroatoms. The first-order valence-corrected chi connectivity index (χ1v) is 7.51. The van der Waals surface area contributed by atoms with Crippen molar-refractivity contribution in [1.29, 1.82) is 0 Å².